The second-order valence-corrected chi connectivity index (χ2v) is 7.10. The first-order valence-corrected chi connectivity index (χ1v) is 10.2. The number of amides is 2. The third kappa shape index (κ3) is 7.04. The maximum atomic E-state index is 12.8. The zero-order valence-corrected chi connectivity index (χ0v) is 19.5. The van der Waals surface area contributed by atoms with E-state index in [1.165, 1.54) is 36.1 Å². The lowest BCUT2D eigenvalue weighted by molar-refractivity contribution is 0.0956. The van der Waals surface area contributed by atoms with Gasteiger partial charge in [-0.2, -0.15) is 5.10 Å². The van der Waals surface area contributed by atoms with Crippen LogP contribution in [0, 0.1) is 0 Å². The summed E-state index contributed by atoms with van der Waals surface area (Å²) in [7, 11) is 1.50. The third-order valence-corrected chi connectivity index (χ3v) is 4.31. The third-order valence-electron chi connectivity index (χ3n) is 3.39. The SMILES string of the molecule is C/C=C\C(Cl)=C\n1nc(Cl)cc1C(=O)Nc1c(Cl)cc(Cl)cc1C(=O)NCC.CN. The van der Waals surface area contributed by atoms with E-state index in [1.807, 2.05) is 0 Å². The average Bonchev–Trinajstić information content (AvgIpc) is 3.05. The normalized spacial score (nSPS) is 11.1. The van der Waals surface area contributed by atoms with E-state index in [2.05, 4.69) is 21.5 Å². The molecule has 2 rings (SSSR count). The molecule has 1 heterocycles. The number of allylic oxidation sites excluding steroid dienone is 3. The van der Waals surface area contributed by atoms with Crippen molar-refractivity contribution in [3.63, 3.8) is 0 Å². The maximum absolute atomic E-state index is 12.8. The van der Waals surface area contributed by atoms with E-state index in [-0.39, 0.29) is 32.1 Å². The van der Waals surface area contributed by atoms with E-state index >= 15 is 0 Å². The van der Waals surface area contributed by atoms with E-state index in [1.54, 1.807) is 26.0 Å². The highest BCUT2D eigenvalue weighted by Crippen LogP contribution is 2.31. The summed E-state index contributed by atoms with van der Waals surface area (Å²) in [5, 5.41) is 10.1. The number of hydrogen-bond acceptors (Lipinski definition) is 4. The molecular weight excluding hydrogens is 472 g/mol. The van der Waals surface area contributed by atoms with Crippen molar-refractivity contribution in [2.45, 2.75) is 13.8 Å². The fourth-order valence-electron chi connectivity index (χ4n) is 2.26. The van der Waals surface area contributed by atoms with Crippen molar-refractivity contribution in [1.29, 1.82) is 0 Å². The monoisotopic (exact) mass is 491 g/mol. The van der Waals surface area contributed by atoms with E-state index in [0.717, 1.165) is 0 Å². The van der Waals surface area contributed by atoms with Crippen LogP contribution in [0.4, 0.5) is 5.69 Å². The van der Waals surface area contributed by atoms with Gasteiger partial charge in [0.2, 0.25) is 0 Å². The van der Waals surface area contributed by atoms with Crippen molar-refractivity contribution in [3.05, 3.63) is 61.8 Å². The summed E-state index contributed by atoms with van der Waals surface area (Å²) in [5.74, 6) is -1.01. The van der Waals surface area contributed by atoms with Crippen LogP contribution in [0.15, 0.2) is 35.4 Å². The van der Waals surface area contributed by atoms with Crippen LogP contribution in [0.3, 0.4) is 0 Å². The van der Waals surface area contributed by atoms with E-state index in [4.69, 9.17) is 46.4 Å². The number of hydrogen-bond donors (Lipinski definition) is 3. The van der Waals surface area contributed by atoms with Crippen molar-refractivity contribution < 1.29 is 9.59 Å². The molecule has 4 N–H and O–H groups in total. The van der Waals surface area contributed by atoms with Crippen LogP contribution < -0.4 is 16.4 Å². The smallest absolute Gasteiger partial charge is 0.274 e. The Bertz CT molecular complexity index is 970. The predicted molar refractivity (Wildman–Crippen MR) is 125 cm³/mol. The summed E-state index contributed by atoms with van der Waals surface area (Å²) >= 11 is 24.2. The summed E-state index contributed by atoms with van der Waals surface area (Å²) in [4.78, 5) is 25.1. The Hall–Kier alpha value is -2.03. The number of nitrogens with one attached hydrogen (secondary N) is 2. The Kier molecular flexibility index (Phi) is 10.9. The second-order valence-electron chi connectivity index (χ2n) is 5.43. The van der Waals surface area contributed by atoms with Gasteiger partial charge in [-0.05, 0) is 39.1 Å². The fourth-order valence-corrected chi connectivity index (χ4v) is 3.21. The van der Waals surface area contributed by atoms with E-state index < -0.39 is 11.8 Å². The van der Waals surface area contributed by atoms with Gasteiger partial charge in [0, 0.05) is 23.8 Å². The molecule has 0 fully saturated rings. The molecule has 1 aromatic heterocycles. The van der Waals surface area contributed by atoms with Gasteiger partial charge in [0.25, 0.3) is 11.8 Å². The van der Waals surface area contributed by atoms with Gasteiger partial charge < -0.3 is 16.4 Å². The van der Waals surface area contributed by atoms with Crippen LogP contribution in [-0.2, 0) is 0 Å². The molecule has 0 saturated carbocycles. The van der Waals surface area contributed by atoms with Crippen molar-refractivity contribution in [3.8, 4) is 0 Å². The van der Waals surface area contributed by atoms with Gasteiger partial charge in [0.1, 0.15) is 5.69 Å². The molecule has 0 saturated heterocycles. The summed E-state index contributed by atoms with van der Waals surface area (Å²) in [6.07, 6.45) is 4.79. The van der Waals surface area contributed by atoms with Crippen molar-refractivity contribution in [2.24, 2.45) is 5.73 Å². The molecule has 0 aliphatic heterocycles. The quantitative estimate of drug-likeness (QED) is 0.492. The predicted octanol–water partition coefficient (Wildman–Crippen LogP) is 5.03. The van der Waals surface area contributed by atoms with Crippen molar-refractivity contribution in [1.82, 2.24) is 15.1 Å². The van der Waals surface area contributed by atoms with Gasteiger partial charge in [0.15, 0.2) is 5.15 Å². The molecule has 0 aliphatic rings. The molecule has 0 radical (unpaired) electrons. The average molecular weight is 493 g/mol. The summed E-state index contributed by atoms with van der Waals surface area (Å²) in [6, 6.07) is 4.21. The molecule has 30 heavy (non-hydrogen) atoms. The first-order valence-electron chi connectivity index (χ1n) is 8.68. The molecule has 0 unspecified atom stereocenters. The van der Waals surface area contributed by atoms with Gasteiger partial charge in [-0.15, -0.1) is 0 Å². The molecule has 0 atom stereocenters. The van der Waals surface area contributed by atoms with Crippen LogP contribution in [0.1, 0.15) is 34.7 Å². The lowest BCUT2D eigenvalue weighted by Gasteiger charge is -2.13. The molecule has 11 heteroatoms. The number of rotatable bonds is 6. The van der Waals surface area contributed by atoms with Crippen LogP contribution in [-0.4, -0.2) is 35.2 Å². The highest BCUT2D eigenvalue weighted by Gasteiger charge is 2.21. The number of aromatic nitrogens is 2. The molecule has 0 bridgehead atoms. The molecule has 2 amide bonds. The number of benzene rings is 1. The van der Waals surface area contributed by atoms with Crippen LogP contribution in [0.2, 0.25) is 15.2 Å². The fraction of sp³-hybridized carbons (Fsp3) is 0.211. The number of halogens is 4. The standard InChI is InChI=1S/C18H16Cl4N4O2.CH5N/c1-3-5-10(19)9-26-14(8-15(22)25-26)18(28)24-16-12(17(27)23-4-2)6-11(20)7-13(16)21;1-2/h3,5-9H,4H2,1-2H3,(H,23,27)(H,24,28);2H2,1H3/b5-3-,10-9-;. The minimum absolute atomic E-state index is 0.0949. The zero-order valence-electron chi connectivity index (χ0n) is 16.5. The molecular formula is C19H21Cl4N5O2. The highest BCUT2D eigenvalue weighted by atomic mass is 35.5. The number of nitrogens with two attached hydrogens (primary N) is 1. The van der Waals surface area contributed by atoms with Gasteiger partial charge in [-0.1, -0.05) is 52.5 Å². The summed E-state index contributed by atoms with van der Waals surface area (Å²) in [5.41, 5.74) is 4.85. The van der Waals surface area contributed by atoms with Gasteiger partial charge >= 0.3 is 0 Å². The molecule has 0 aliphatic carbocycles. The van der Waals surface area contributed by atoms with Crippen LogP contribution in [0.25, 0.3) is 6.20 Å². The van der Waals surface area contributed by atoms with Crippen molar-refractivity contribution >= 4 is 70.1 Å². The maximum Gasteiger partial charge on any atom is 0.274 e. The van der Waals surface area contributed by atoms with Crippen molar-refractivity contribution in [2.75, 3.05) is 18.9 Å². The number of carbonyl (C=O) groups excluding carboxylic acids is 2. The lowest BCUT2D eigenvalue weighted by atomic mass is 10.1. The minimum atomic E-state index is -0.588. The Morgan fingerprint density at radius 1 is 1.17 bits per heavy atom. The Morgan fingerprint density at radius 3 is 2.43 bits per heavy atom. The number of nitrogens with zero attached hydrogens (tertiary/aromatic N) is 2. The topological polar surface area (TPSA) is 102 Å². The highest BCUT2D eigenvalue weighted by molar-refractivity contribution is 6.38. The Morgan fingerprint density at radius 2 is 1.83 bits per heavy atom. The summed E-state index contributed by atoms with van der Waals surface area (Å²) in [6.45, 7) is 3.96. The lowest BCUT2D eigenvalue weighted by Crippen LogP contribution is -2.25. The Labute approximate surface area is 194 Å². The molecule has 1 aromatic carbocycles. The van der Waals surface area contributed by atoms with E-state index in [0.29, 0.717) is 11.6 Å². The minimum Gasteiger partial charge on any atom is -0.352 e. The zero-order chi connectivity index (χ0) is 22.8. The number of carbonyl (C=O) groups is 2. The second kappa shape index (κ2) is 12.6. The molecule has 0 spiro atoms. The molecule has 2 aromatic rings. The Balaban J connectivity index is 0.00000218. The van der Waals surface area contributed by atoms with Gasteiger partial charge in [-0.25, -0.2) is 4.68 Å². The van der Waals surface area contributed by atoms with Crippen LogP contribution >= 0.6 is 46.4 Å². The largest absolute Gasteiger partial charge is 0.352 e. The number of anilines is 1. The van der Waals surface area contributed by atoms with E-state index in [9.17, 15) is 9.59 Å². The molecule has 7 nitrogen and oxygen atoms in total. The summed E-state index contributed by atoms with van der Waals surface area (Å²) < 4.78 is 1.23. The van der Waals surface area contributed by atoms with Gasteiger partial charge in [-0.3, -0.25) is 9.59 Å². The molecule has 162 valence electrons. The van der Waals surface area contributed by atoms with Gasteiger partial charge in [0.05, 0.1) is 21.3 Å². The first kappa shape index (κ1) is 26.0. The first-order chi connectivity index (χ1) is 14.3. The van der Waals surface area contributed by atoms with Crippen LogP contribution in [0.5, 0.6) is 0 Å².